The van der Waals surface area contributed by atoms with Gasteiger partial charge in [-0.05, 0) is 25.3 Å². The zero-order chi connectivity index (χ0) is 15.1. The molecular weight excluding hydrogens is 266 g/mol. The van der Waals surface area contributed by atoms with Crippen molar-refractivity contribution in [2.45, 2.75) is 45.1 Å². The molecular formula is C16H25N3O2. The van der Waals surface area contributed by atoms with E-state index < -0.39 is 0 Å². The van der Waals surface area contributed by atoms with Crippen LogP contribution in [-0.2, 0) is 0 Å². The fourth-order valence-electron chi connectivity index (χ4n) is 2.77. The minimum Gasteiger partial charge on any atom is -0.394 e. The summed E-state index contributed by atoms with van der Waals surface area (Å²) < 4.78 is 0. The van der Waals surface area contributed by atoms with Gasteiger partial charge in [-0.3, -0.25) is 9.78 Å². The number of pyridine rings is 1. The predicted molar refractivity (Wildman–Crippen MR) is 83.4 cm³/mol. The third-order valence-corrected chi connectivity index (χ3v) is 3.97. The SMILES string of the molecule is CCCNc1cnccc1C(=O)N1CCCCCC1CO. The van der Waals surface area contributed by atoms with E-state index in [1.54, 1.807) is 18.5 Å². The van der Waals surface area contributed by atoms with E-state index in [4.69, 9.17) is 0 Å². The largest absolute Gasteiger partial charge is 0.394 e. The van der Waals surface area contributed by atoms with Gasteiger partial charge in [0, 0.05) is 19.3 Å². The molecule has 0 spiro atoms. The Kier molecular flexibility index (Phi) is 5.99. The first-order valence-electron chi connectivity index (χ1n) is 7.87. The van der Waals surface area contributed by atoms with Crippen molar-refractivity contribution in [3.05, 3.63) is 24.0 Å². The molecule has 0 aromatic carbocycles. The molecule has 2 N–H and O–H groups in total. The maximum absolute atomic E-state index is 12.9. The third kappa shape index (κ3) is 3.94. The van der Waals surface area contributed by atoms with Crippen molar-refractivity contribution in [2.24, 2.45) is 0 Å². The first kappa shape index (κ1) is 15.8. The number of aliphatic hydroxyl groups excluding tert-OH is 1. The molecule has 1 aliphatic rings. The van der Waals surface area contributed by atoms with Gasteiger partial charge < -0.3 is 15.3 Å². The van der Waals surface area contributed by atoms with Crippen molar-refractivity contribution >= 4 is 11.6 Å². The van der Waals surface area contributed by atoms with Crippen LogP contribution in [0.1, 0.15) is 49.4 Å². The normalized spacial score (nSPS) is 19.1. The summed E-state index contributed by atoms with van der Waals surface area (Å²) in [6.07, 6.45) is 8.43. The summed E-state index contributed by atoms with van der Waals surface area (Å²) in [4.78, 5) is 18.8. The Labute approximate surface area is 126 Å². The number of nitrogens with one attached hydrogen (secondary N) is 1. The van der Waals surface area contributed by atoms with E-state index in [1.807, 2.05) is 4.90 Å². The van der Waals surface area contributed by atoms with Crippen LogP contribution in [0.3, 0.4) is 0 Å². The van der Waals surface area contributed by atoms with Gasteiger partial charge in [0.2, 0.25) is 0 Å². The second kappa shape index (κ2) is 7.98. The number of carbonyl (C=O) groups is 1. The Morgan fingerprint density at radius 1 is 1.48 bits per heavy atom. The molecule has 0 saturated carbocycles. The smallest absolute Gasteiger partial charge is 0.256 e. The van der Waals surface area contributed by atoms with Gasteiger partial charge in [-0.2, -0.15) is 0 Å². The Balaban J connectivity index is 2.21. The van der Waals surface area contributed by atoms with Crippen LogP contribution in [0, 0.1) is 0 Å². The van der Waals surface area contributed by atoms with Crippen LogP contribution in [0.2, 0.25) is 0 Å². The van der Waals surface area contributed by atoms with Crippen molar-refractivity contribution in [1.82, 2.24) is 9.88 Å². The van der Waals surface area contributed by atoms with Gasteiger partial charge in [0.1, 0.15) is 0 Å². The van der Waals surface area contributed by atoms with Crippen molar-refractivity contribution in [2.75, 3.05) is 25.0 Å². The molecule has 2 heterocycles. The highest BCUT2D eigenvalue weighted by atomic mass is 16.3. The number of aliphatic hydroxyl groups is 1. The molecule has 1 aromatic heterocycles. The zero-order valence-corrected chi connectivity index (χ0v) is 12.7. The molecule has 1 amide bonds. The zero-order valence-electron chi connectivity index (χ0n) is 12.7. The number of likely N-dealkylation sites (tertiary alicyclic amines) is 1. The van der Waals surface area contributed by atoms with Crippen LogP contribution in [0.5, 0.6) is 0 Å². The van der Waals surface area contributed by atoms with Crippen LogP contribution in [0.15, 0.2) is 18.5 Å². The monoisotopic (exact) mass is 291 g/mol. The lowest BCUT2D eigenvalue weighted by Gasteiger charge is -2.29. The van der Waals surface area contributed by atoms with Crippen LogP contribution < -0.4 is 5.32 Å². The first-order valence-corrected chi connectivity index (χ1v) is 7.87. The third-order valence-electron chi connectivity index (χ3n) is 3.97. The number of carbonyl (C=O) groups excluding carboxylic acids is 1. The molecule has 116 valence electrons. The highest BCUT2D eigenvalue weighted by molar-refractivity contribution is 5.99. The molecule has 2 rings (SSSR count). The van der Waals surface area contributed by atoms with Gasteiger partial charge in [-0.15, -0.1) is 0 Å². The van der Waals surface area contributed by atoms with Crippen molar-refractivity contribution in [1.29, 1.82) is 0 Å². The fourth-order valence-corrected chi connectivity index (χ4v) is 2.77. The molecule has 1 fully saturated rings. The summed E-state index contributed by atoms with van der Waals surface area (Å²) in [5.41, 5.74) is 1.43. The molecule has 1 aliphatic heterocycles. The number of aromatic nitrogens is 1. The number of hydrogen-bond acceptors (Lipinski definition) is 4. The Morgan fingerprint density at radius 3 is 3.10 bits per heavy atom. The molecule has 1 saturated heterocycles. The van der Waals surface area contributed by atoms with Crippen molar-refractivity contribution in [3.8, 4) is 0 Å². The van der Waals surface area contributed by atoms with E-state index in [0.717, 1.165) is 50.9 Å². The lowest BCUT2D eigenvalue weighted by atomic mass is 10.1. The fraction of sp³-hybridized carbons (Fsp3) is 0.625. The molecule has 0 radical (unpaired) electrons. The number of amides is 1. The average Bonchev–Trinajstić information content (AvgIpc) is 2.77. The summed E-state index contributed by atoms with van der Waals surface area (Å²) in [6.45, 7) is 3.66. The molecule has 5 nitrogen and oxygen atoms in total. The number of anilines is 1. The van der Waals surface area contributed by atoms with Crippen LogP contribution in [0.25, 0.3) is 0 Å². The number of hydrogen-bond donors (Lipinski definition) is 2. The quantitative estimate of drug-likeness (QED) is 0.873. The molecule has 21 heavy (non-hydrogen) atoms. The van der Waals surface area contributed by atoms with Gasteiger partial charge in [0.25, 0.3) is 5.91 Å². The van der Waals surface area contributed by atoms with Gasteiger partial charge in [0.05, 0.1) is 30.1 Å². The predicted octanol–water partition coefficient (Wildman–Crippen LogP) is 2.28. The Bertz CT molecular complexity index is 465. The van der Waals surface area contributed by atoms with Gasteiger partial charge in [-0.1, -0.05) is 19.8 Å². The van der Waals surface area contributed by atoms with E-state index in [-0.39, 0.29) is 18.6 Å². The highest BCUT2D eigenvalue weighted by Gasteiger charge is 2.27. The van der Waals surface area contributed by atoms with E-state index >= 15 is 0 Å². The van der Waals surface area contributed by atoms with Crippen LogP contribution in [0.4, 0.5) is 5.69 Å². The molecule has 1 unspecified atom stereocenters. The van der Waals surface area contributed by atoms with Crippen molar-refractivity contribution in [3.63, 3.8) is 0 Å². The second-order valence-electron chi connectivity index (χ2n) is 5.53. The maximum atomic E-state index is 12.9. The van der Waals surface area contributed by atoms with Gasteiger partial charge in [-0.25, -0.2) is 0 Å². The lowest BCUT2D eigenvalue weighted by molar-refractivity contribution is 0.0600. The first-order chi connectivity index (χ1) is 10.3. The van der Waals surface area contributed by atoms with E-state index in [9.17, 15) is 9.90 Å². The van der Waals surface area contributed by atoms with E-state index in [0.29, 0.717) is 5.56 Å². The number of rotatable bonds is 5. The molecule has 5 heteroatoms. The minimum absolute atomic E-state index is 0.00282. The summed E-state index contributed by atoms with van der Waals surface area (Å²) in [5.74, 6) is -0.00282. The highest BCUT2D eigenvalue weighted by Crippen LogP contribution is 2.22. The summed E-state index contributed by atoms with van der Waals surface area (Å²) in [6, 6.07) is 1.70. The molecule has 0 aliphatic carbocycles. The average molecular weight is 291 g/mol. The topological polar surface area (TPSA) is 65.5 Å². The minimum atomic E-state index is -0.0628. The summed E-state index contributed by atoms with van der Waals surface area (Å²) >= 11 is 0. The van der Waals surface area contributed by atoms with Crippen LogP contribution in [-0.4, -0.2) is 46.6 Å². The molecule has 0 bridgehead atoms. The van der Waals surface area contributed by atoms with Crippen molar-refractivity contribution < 1.29 is 9.90 Å². The lowest BCUT2D eigenvalue weighted by Crippen LogP contribution is -2.42. The summed E-state index contributed by atoms with van der Waals surface area (Å²) in [7, 11) is 0. The Morgan fingerprint density at radius 2 is 2.33 bits per heavy atom. The molecule has 1 atom stereocenters. The second-order valence-corrected chi connectivity index (χ2v) is 5.53. The van der Waals surface area contributed by atoms with Gasteiger partial charge in [0.15, 0.2) is 0 Å². The summed E-state index contributed by atoms with van der Waals surface area (Å²) in [5, 5.41) is 12.8. The number of nitrogens with zero attached hydrogens (tertiary/aromatic N) is 2. The van der Waals surface area contributed by atoms with Crippen LogP contribution >= 0.6 is 0 Å². The van der Waals surface area contributed by atoms with E-state index in [2.05, 4.69) is 17.2 Å². The maximum Gasteiger partial charge on any atom is 0.256 e. The standard InChI is InChI=1S/C16H25N3O2/c1-2-8-18-15-11-17-9-7-14(15)16(21)19-10-5-3-4-6-13(19)12-20/h7,9,11,13,18,20H,2-6,8,10,12H2,1H3. The molecule has 1 aromatic rings. The van der Waals surface area contributed by atoms with E-state index in [1.165, 1.54) is 0 Å². The van der Waals surface area contributed by atoms with Gasteiger partial charge >= 0.3 is 0 Å². The Hall–Kier alpha value is -1.62.